The molecular weight excluding hydrogens is 476 g/mol. The number of ketones is 2. The van der Waals surface area contributed by atoms with Gasteiger partial charge in [0.15, 0.2) is 11.6 Å². The maximum absolute atomic E-state index is 13.4. The molecule has 3 heterocycles. The molecule has 1 fully saturated rings. The summed E-state index contributed by atoms with van der Waals surface area (Å²) in [6.07, 6.45) is 13.8. The highest BCUT2D eigenvalue weighted by Crippen LogP contribution is 2.42. The maximum atomic E-state index is 13.4. The van der Waals surface area contributed by atoms with Crippen molar-refractivity contribution in [1.29, 1.82) is 0 Å². The van der Waals surface area contributed by atoms with E-state index in [1.54, 1.807) is 18.5 Å². The number of hydrogen-bond donors (Lipinski definition) is 2. The number of aromatic amines is 2. The fourth-order valence-corrected chi connectivity index (χ4v) is 5.66. The number of nitrogens with one attached hydrogen (secondary N) is 2. The average Bonchev–Trinajstić information content (AvgIpc) is 3.19. The minimum Gasteiger partial charge on any atom is -0.468 e. The summed E-state index contributed by atoms with van der Waals surface area (Å²) in [7, 11) is 4.20. The van der Waals surface area contributed by atoms with E-state index in [1.165, 1.54) is 5.57 Å². The Labute approximate surface area is 215 Å². The summed E-state index contributed by atoms with van der Waals surface area (Å²) in [6, 6.07) is 1.79. The van der Waals surface area contributed by atoms with E-state index >= 15 is 0 Å². The number of rotatable bonds is 2. The van der Waals surface area contributed by atoms with Gasteiger partial charge < -0.3 is 19.3 Å². The molecule has 7 nitrogen and oxygen atoms in total. The highest BCUT2D eigenvalue weighted by Gasteiger charge is 2.34. The molecule has 1 saturated carbocycles. The van der Waals surface area contributed by atoms with E-state index in [-0.39, 0.29) is 30.4 Å². The molecule has 0 amide bonds. The van der Waals surface area contributed by atoms with E-state index < -0.39 is 0 Å². The Morgan fingerprint density at radius 2 is 1.97 bits per heavy atom. The average molecular weight is 505 g/mol. The highest BCUT2D eigenvalue weighted by atomic mass is 35.5. The summed E-state index contributed by atoms with van der Waals surface area (Å²) in [4.78, 5) is 40.2. The zero-order valence-electron chi connectivity index (χ0n) is 20.4. The summed E-state index contributed by atoms with van der Waals surface area (Å²) in [6.45, 7) is 1.48. The summed E-state index contributed by atoms with van der Waals surface area (Å²) in [5.41, 5.74) is 7.86. The molecule has 0 spiro atoms. The largest absolute Gasteiger partial charge is 0.468 e. The van der Waals surface area contributed by atoms with Crippen molar-refractivity contribution in [2.45, 2.75) is 25.7 Å². The molecule has 1 atom stereocenters. The van der Waals surface area contributed by atoms with Crippen molar-refractivity contribution in [3.8, 4) is 0 Å². The molecule has 4 aliphatic rings. The fraction of sp³-hybridized carbons (Fsp3) is 0.321. The third kappa shape index (κ3) is 4.12. The second-order valence-corrected chi connectivity index (χ2v) is 9.84. The number of allylic oxidation sites excluding steroid dienone is 5. The lowest BCUT2D eigenvalue weighted by molar-refractivity contribution is -0.113. The Bertz CT molecular complexity index is 1430. The van der Waals surface area contributed by atoms with Gasteiger partial charge in [-0.2, -0.15) is 0 Å². The van der Waals surface area contributed by atoms with Crippen molar-refractivity contribution in [1.82, 2.24) is 14.9 Å². The summed E-state index contributed by atoms with van der Waals surface area (Å²) >= 11 is 0. The molecule has 0 unspecified atom stereocenters. The van der Waals surface area contributed by atoms with E-state index in [4.69, 9.17) is 9.41 Å². The molecule has 3 aliphatic carbocycles. The smallest absolute Gasteiger partial charge is 0.173 e. The number of carbonyl (C=O) groups is 2. The van der Waals surface area contributed by atoms with Gasteiger partial charge >= 0.3 is 0 Å². The van der Waals surface area contributed by atoms with Crippen molar-refractivity contribution in [2.75, 3.05) is 27.2 Å². The Balaban J connectivity index is 0.00000267. The van der Waals surface area contributed by atoms with E-state index in [2.05, 4.69) is 41.1 Å². The molecule has 186 valence electrons. The first kappa shape index (κ1) is 24.3. The van der Waals surface area contributed by atoms with Crippen LogP contribution in [0.25, 0.3) is 17.2 Å². The van der Waals surface area contributed by atoms with Crippen molar-refractivity contribution in [3.05, 3.63) is 76.3 Å². The number of halogens is 1. The van der Waals surface area contributed by atoms with Crippen LogP contribution in [0.3, 0.4) is 0 Å². The molecule has 2 aromatic rings. The Kier molecular flexibility index (Phi) is 6.45. The van der Waals surface area contributed by atoms with E-state index in [0.717, 1.165) is 47.4 Å². The van der Waals surface area contributed by atoms with Gasteiger partial charge in [0.1, 0.15) is 12.0 Å². The molecule has 0 saturated heterocycles. The molecule has 2 aromatic heterocycles. The topological polar surface area (TPSA) is 94.5 Å². The van der Waals surface area contributed by atoms with Crippen LogP contribution in [0.5, 0.6) is 0 Å². The molecule has 0 radical (unpaired) electrons. The fourth-order valence-electron chi connectivity index (χ4n) is 5.66. The van der Waals surface area contributed by atoms with E-state index in [0.29, 0.717) is 41.5 Å². The molecule has 8 bridgehead atoms. The number of hydrogen-bond acceptors (Lipinski definition) is 5. The lowest BCUT2D eigenvalue weighted by Crippen LogP contribution is -2.32. The molecule has 1 aliphatic heterocycles. The van der Waals surface area contributed by atoms with Crippen LogP contribution in [0.1, 0.15) is 52.2 Å². The first-order valence-corrected chi connectivity index (χ1v) is 12.1. The lowest BCUT2D eigenvalue weighted by atomic mass is 9.78. The van der Waals surface area contributed by atoms with Crippen LogP contribution in [0.4, 0.5) is 0 Å². The zero-order chi connectivity index (χ0) is 24.1. The number of fused-ring (bicyclic) bond motifs is 4. The first-order chi connectivity index (χ1) is 17.0. The quantitative estimate of drug-likeness (QED) is 0.572. The summed E-state index contributed by atoms with van der Waals surface area (Å²) < 4.78 is 5.83. The van der Waals surface area contributed by atoms with Crippen molar-refractivity contribution in [2.24, 2.45) is 10.9 Å². The molecule has 6 rings (SSSR count). The Hall–Kier alpha value is -3.42. The molecule has 0 aromatic carbocycles. The molecule has 36 heavy (non-hydrogen) atoms. The van der Waals surface area contributed by atoms with Crippen LogP contribution in [0, 0.1) is 5.92 Å². The summed E-state index contributed by atoms with van der Waals surface area (Å²) in [5.74, 6) is 0.623. The third-order valence-corrected chi connectivity index (χ3v) is 7.19. The zero-order valence-corrected chi connectivity index (χ0v) is 21.2. The van der Waals surface area contributed by atoms with Gasteiger partial charge in [-0.3, -0.25) is 14.6 Å². The molecule has 8 heteroatoms. The van der Waals surface area contributed by atoms with Crippen molar-refractivity contribution in [3.63, 3.8) is 0 Å². The van der Waals surface area contributed by atoms with Crippen LogP contribution < -0.4 is 0 Å². The van der Waals surface area contributed by atoms with Crippen LogP contribution in [0.2, 0.25) is 0 Å². The predicted molar refractivity (Wildman–Crippen MR) is 143 cm³/mol. The SMILES string of the molecule is CN(C)C[C@@H]1CCC2=C/C3=C4/C(=O)CC(=O)c5cc(occ[nH]c54)CC/N=C/1C2=Cc1c[nH]cc13.Cl. The minimum absolute atomic E-state index is 0. The van der Waals surface area contributed by atoms with E-state index in [1.807, 2.05) is 12.4 Å². The van der Waals surface area contributed by atoms with Crippen LogP contribution in [0.15, 0.2) is 57.6 Å². The Morgan fingerprint density at radius 1 is 1.11 bits per heavy atom. The molecule has 2 N–H and O–H groups in total. The van der Waals surface area contributed by atoms with Gasteiger partial charge in [-0.1, -0.05) is 0 Å². The summed E-state index contributed by atoms with van der Waals surface area (Å²) in [5, 5.41) is 0. The monoisotopic (exact) mass is 504 g/mol. The van der Waals surface area contributed by atoms with Gasteiger partial charge in [0.25, 0.3) is 0 Å². The third-order valence-electron chi connectivity index (χ3n) is 7.19. The van der Waals surface area contributed by atoms with Gasteiger partial charge in [-0.05, 0) is 61.9 Å². The second-order valence-electron chi connectivity index (χ2n) is 9.84. The molecular formula is C28H29ClN4O3. The van der Waals surface area contributed by atoms with Crippen LogP contribution in [-0.4, -0.2) is 59.3 Å². The van der Waals surface area contributed by atoms with Gasteiger partial charge in [0.05, 0.1) is 17.7 Å². The highest BCUT2D eigenvalue weighted by molar-refractivity contribution is 6.38. The number of carbonyl (C=O) groups excluding carboxylic acids is 2. The first-order valence-electron chi connectivity index (χ1n) is 12.1. The van der Waals surface area contributed by atoms with Gasteiger partial charge in [-0.25, -0.2) is 0 Å². The number of H-pyrrole nitrogens is 2. The van der Waals surface area contributed by atoms with E-state index in [9.17, 15) is 9.59 Å². The standard InChI is InChI=1S/C28H28N4O3.ClH/c1-32(2)15-17-4-3-16-9-21-23-14-29-13-18(23)10-20(16)27(17)30-6-5-19-11-22-24(33)12-25(34)26(21)28(22)31-7-8-35-19;/h7-11,13-14,17,29,31H,3-6,12,15H2,1-2H3;1H/b8-7?,19-11?,26-21+,30-27-;/t17-;/m0./s1. The number of aliphatic imine (C=N–C) groups is 1. The van der Waals surface area contributed by atoms with Gasteiger partial charge in [0, 0.05) is 66.4 Å². The number of Topliss-reactive ketones (excluding diaryl/α,β-unsaturated/α-hetero) is 2. The number of aromatic nitrogens is 2. The lowest BCUT2D eigenvalue weighted by Gasteiger charge is -2.31. The van der Waals surface area contributed by atoms with Gasteiger partial charge in [-0.15, -0.1) is 12.4 Å². The van der Waals surface area contributed by atoms with Crippen molar-refractivity contribution >= 4 is 46.9 Å². The number of nitrogens with zero attached hydrogens (tertiary/aromatic N) is 2. The second kappa shape index (κ2) is 9.56. The normalized spacial score (nSPS) is 23.8. The van der Waals surface area contributed by atoms with Gasteiger partial charge in [0.2, 0.25) is 0 Å². The van der Waals surface area contributed by atoms with Crippen molar-refractivity contribution < 1.29 is 14.0 Å². The maximum Gasteiger partial charge on any atom is 0.173 e. The van der Waals surface area contributed by atoms with Crippen LogP contribution >= 0.6 is 12.4 Å². The predicted octanol–water partition coefficient (Wildman–Crippen LogP) is 4.84. The minimum atomic E-state index is -0.196. The van der Waals surface area contributed by atoms with Crippen LogP contribution in [-0.2, 0) is 11.2 Å². The Morgan fingerprint density at radius 3 is 2.81 bits per heavy atom.